The van der Waals surface area contributed by atoms with Crippen LogP contribution >= 0.6 is 11.3 Å². The van der Waals surface area contributed by atoms with Gasteiger partial charge in [0.15, 0.2) is 6.10 Å². The molecule has 0 aliphatic carbocycles. The number of aromatic nitrogens is 1. The number of ether oxygens (including phenoxy) is 1. The van der Waals surface area contributed by atoms with E-state index in [9.17, 15) is 9.59 Å². The maximum atomic E-state index is 13.1. The molecule has 0 bridgehead atoms. The molecular formula is C24H25N3O3S. The third kappa shape index (κ3) is 3.93. The number of benzene rings is 2. The molecule has 0 spiro atoms. The average Bonchev–Trinajstić information content (AvgIpc) is 3.08. The molecule has 0 saturated heterocycles. The summed E-state index contributed by atoms with van der Waals surface area (Å²) in [6.07, 6.45) is -0.671. The number of aryl methyl sites for hydroxylation is 3. The first-order chi connectivity index (χ1) is 14.8. The molecule has 1 N–H and O–H groups in total. The highest BCUT2D eigenvalue weighted by Gasteiger charge is 2.37. The number of thiazole rings is 1. The zero-order valence-corrected chi connectivity index (χ0v) is 19.0. The van der Waals surface area contributed by atoms with Crippen LogP contribution in [-0.4, -0.2) is 28.9 Å². The molecule has 0 saturated carbocycles. The minimum absolute atomic E-state index is 0.247. The summed E-state index contributed by atoms with van der Waals surface area (Å²) in [7, 11) is 0. The van der Waals surface area contributed by atoms with Gasteiger partial charge in [0.05, 0.1) is 16.4 Å². The quantitative estimate of drug-likeness (QED) is 0.634. The first-order valence-corrected chi connectivity index (χ1v) is 11.0. The molecule has 4 rings (SSSR count). The molecule has 1 aliphatic heterocycles. The summed E-state index contributed by atoms with van der Waals surface area (Å²) in [6.45, 7) is 9.36. The maximum absolute atomic E-state index is 13.1. The molecule has 1 aliphatic rings. The standard InChI is InChI=1S/C24H25N3O3S/c1-13-8-6-7-9-19(13)26-23(28)14(2)27-20-12-18(22-16(4)31-17(5)25-22)10-11-21(20)30-15(3)24(27)29/h6-12,14-15H,1-5H3,(H,26,28). The van der Waals surface area contributed by atoms with Crippen molar-refractivity contribution < 1.29 is 14.3 Å². The van der Waals surface area contributed by atoms with E-state index < -0.39 is 12.1 Å². The number of anilines is 2. The Kier molecular flexibility index (Phi) is 5.54. The van der Waals surface area contributed by atoms with Crippen LogP contribution in [0.3, 0.4) is 0 Å². The zero-order chi connectivity index (χ0) is 22.3. The number of para-hydroxylation sites is 1. The van der Waals surface area contributed by atoms with Gasteiger partial charge in [0.1, 0.15) is 11.8 Å². The smallest absolute Gasteiger partial charge is 0.268 e. The fraction of sp³-hybridized carbons (Fsp3) is 0.292. The number of nitrogens with one attached hydrogen (secondary N) is 1. The largest absolute Gasteiger partial charge is 0.479 e. The monoisotopic (exact) mass is 435 g/mol. The topological polar surface area (TPSA) is 71.5 Å². The van der Waals surface area contributed by atoms with E-state index in [2.05, 4.69) is 10.3 Å². The Hall–Kier alpha value is -3.19. The van der Waals surface area contributed by atoms with Crippen molar-refractivity contribution in [1.82, 2.24) is 4.98 Å². The van der Waals surface area contributed by atoms with Crippen molar-refractivity contribution in [2.24, 2.45) is 0 Å². The third-order valence-electron chi connectivity index (χ3n) is 5.45. The fourth-order valence-electron chi connectivity index (χ4n) is 3.77. The van der Waals surface area contributed by atoms with Crippen molar-refractivity contribution >= 4 is 34.5 Å². The van der Waals surface area contributed by atoms with Crippen LogP contribution in [0, 0.1) is 20.8 Å². The summed E-state index contributed by atoms with van der Waals surface area (Å²) in [4.78, 5) is 33.4. The lowest BCUT2D eigenvalue weighted by molar-refractivity contribution is -0.128. The zero-order valence-electron chi connectivity index (χ0n) is 18.2. The van der Waals surface area contributed by atoms with Gasteiger partial charge in [-0.15, -0.1) is 11.3 Å². The highest BCUT2D eigenvalue weighted by molar-refractivity contribution is 7.11. The molecule has 1 aromatic heterocycles. The molecule has 2 heterocycles. The minimum Gasteiger partial charge on any atom is -0.479 e. The van der Waals surface area contributed by atoms with Gasteiger partial charge in [0.2, 0.25) is 5.91 Å². The fourth-order valence-corrected chi connectivity index (χ4v) is 4.61. The number of carbonyl (C=O) groups is 2. The van der Waals surface area contributed by atoms with E-state index in [1.807, 2.05) is 63.2 Å². The summed E-state index contributed by atoms with van der Waals surface area (Å²) in [5.41, 5.74) is 4.05. The van der Waals surface area contributed by atoms with Crippen molar-refractivity contribution in [3.05, 3.63) is 57.9 Å². The lowest BCUT2D eigenvalue weighted by atomic mass is 10.0. The van der Waals surface area contributed by atoms with Gasteiger partial charge in [-0.2, -0.15) is 0 Å². The molecule has 0 radical (unpaired) electrons. The van der Waals surface area contributed by atoms with Crippen LogP contribution in [0.15, 0.2) is 42.5 Å². The van der Waals surface area contributed by atoms with Crippen molar-refractivity contribution in [2.45, 2.75) is 46.8 Å². The molecule has 7 heteroatoms. The van der Waals surface area contributed by atoms with E-state index in [1.54, 1.807) is 25.2 Å². The van der Waals surface area contributed by atoms with Crippen LogP contribution < -0.4 is 15.0 Å². The summed E-state index contributed by atoms with van der Waals surface area (Å²) in [5.74, 6) is 0.0769. The Morgan fingerprint density at radius 3 is 2.61 bits per heavy atom. The molecule has 2 aromatic carbocycles. The highest BCUT2D eigenvalue weighted by atomic mass is 32.1. The number of rotatable bonds is 4. The van der Waals surface area contributed by atoms with Gasteiger partial charge in [-0.25, -0.2) is 4.98 Å². The van der Waals surface area contributed by atoms with E-state index >= 15 is 0 Å². The molecule has 31 heavy (non-hydrogen) atoms. The maximum Gasteiger partial charge on any atom is 0.268 e. The Balaban J connectivity index is 1.71. The number of nitrogens with zero attached hydrogens (tertiary/aromatic N) is 2. The molecule has 6 nitrogen and oxygen atoms in total. The molecule has 0 fully saturated rings. The number of carbonyl (C=O) groups excluding carboxylic acids is 2. The van der Waals surface area contributed by atoms with Crippen LogP contribution in [0.5, 0.6) is 5.75 Å². The van der Waals surface area contributed by atoms with Gasteiger partial charge in [0, 0.05) is 16.1 Å². The Morgan fingerprint density at radius 1 is 1.19 bits per heavy atom. The summed E-state index contributed by atoms with van der Waals surface area (Å²) in [6, 6.07) is 12.5. The van der Waals surface area contributed by atoms with Crippen molar-refractivity contribution in [3.8, 4) is 17.0 Å². The number of fused-ring (bicyclic) bond motifs is 1. The minimum atomic E-state index is -0.717. The van der Waals surface area contributed by atoms with Crippen molar-refractivity contribution in [3.63, 3.8) is 0 Å². The molecule has 2 atom stereocenters. The van der Waals surface area contributed by atoms with Gasteiger partial charge in [0.25, 0.3) is 5.91 Å². The van der Waals surface area contributed by atoms with Crippen LogP contribution in [0.4, 0.5) is 11.4 Å². The van der Waals surface area contributed by atoms with E-state index in [1.165, 1.54) is 4.90 Å². The SMILES string of the molecule is Cc1nc(-c2ccc3c(c2)N(C(C)C(=O)Nc2ccccc2C)C(=O)C(C)O3)c(C)s1. The molecule has 3 aromatic rings. The van der Waals surface area contributed by atoms with E-state index in [-0.39, 0.29) is 11.8 Å². The average molecular weight is 436 g/mol. The predicted molar refractivity (Wildman–Crippen MR) is 124 cm³/mol. The van der Waals surface area contributed by atoms with Crippen molar-refractivity contribution in [2.75, 3.05) is 10.2 Å². The molecule has 160 valence electrons. The second kappa shape index (κ2) is 8.15. The molecule has 2 unspecified atom stereocenters. The first kappa shape index (κ1) is 21.1. The lowest BCUT2D eigenvalue weighted by Gasteiger charge is -2.36. The predicted octanol–water partition coefficient (Wildman–Crippen LogP) is 4.88. The van der Waals surface area contributed by atoms with Gasteiger partial charge in [-0.05, 0) is 64.4 Å². The van der Waals surface area contributed by atoms with Gasteiger partial charge < -0.3 is 10.1 Å². The second-order valence-electron chi connectivity index (χ2n) is 7.77. The third-order valence-corrected chi connectivity index (χ3v) is 6.34. The van der Waals surface area contributed by atoms with Gasteiger partial charge >= 0.3 is 0 Å². The number of hydrogen-bond acceptors (Lipinski definition) is 5. The van der Waals surface area contributed by atoms with Crippen LogP contribution in [-0.2, 0) is 9.59 Å². The van der Waals surface area contributed by atoms with Gasteiger partial charge in [-0.3, -0.25) is 14.5 Å². The van der Waals surface area contributed by atoms with Gasteiger partial charge in [-0.1, -0.05) is 18.2 Å². The van der Waals surface area contributed by atoms with Crippen LogP contribution in [0.25, 0.3) is 11.3 Å². The van der Waals surface area contributed by atoms with E-state index in [0.717, 1.165) is 32.4 Å². The Labute approximate surface area is 185 Å². The van der Waals surface area contributed by atoms with Crippen LogP contribution in [0.1, 0.15) is 29.3 Å². The summed E-state index contributed by atoms with van der Waals surface area (Å²) in [5, 5.41) is 3.93. The van der Waals surface area contributed by atoms with Crippen molar-refractivity contribution in [1.29, 1.82) is 0 Å². The Morgan fingerprint density at radius 2 is 1.94 bits per heavy atom. The van der Waals surface area contributed by atoms with E-state index in [4.69, 9.17) is 4.74 Å². The molecular weight excluding hydrogens is 410 g/mol. The highest BCUT2D eigenvalue weighted by Crippen LogP contribution is 2.39. The van der Waals surface area contributed by atoms with Crippen LogP contribution in [0.2, 0.25) is 0 Å². The second-order valence-corrected chi connectivity index (χ2v) is 9.18. The molecule has 2 amide bonds. The number of amides is 2. The number of hydrogen-bond donors (Lipinski definition) is 1. The lowest BCUT2D eigenvalue weighted by Crippen LogP contribution is -2.52. The summed E-state index contributed by atoms with van der Waals surface area (Å²) < 4.78 is 5.83. The Bertz CT molecular complexity index is 1170. The van der Waals surface area contributed by atoms with E-state index in [0.29, 0.717) is 11.4 Å². The normalized spacial score (nSPS) is 16.5. The first-order valence-electron chi connectivity index (χ1n) is 10.2. The summed E-state index contributed by atoms with van der Waals surface area (Å²) >= 11 is 1.63.